The van der Waals surface area contributed by atoms with Gasteiger partial charge in [0.25, 0.3) is 0 Å². The third-order valence-electron chi connectivity index (χ3n) is 3.55. The van der Waals surface area contributed by atoms with Crippen LogP contribution >= 0.6 is 0 Å². The molecule has 0 aromatic heterocycles. The highest BCUT2D eigenvalue weighted by atomic mass is 16.2. The highest BCUT2D eigenvalue weighted by Gasteiger charge is 2.20. The van der Waals surface area contributed by atoms with Gasteiger partial charge in [-0.05, 0) is 33.9 Å². The molecule has 1 heterocycles. The van der Waals surface area contributed by atoms with E-state index in [1.807, 2.05) is 25.9 Å². The minimum Gasteiger partial charge on any atom is -0.341 e. The maximum absolute atomic E-state index is 12.3. The number of carbonyl (C=O) groups is 1. The summed E-state index contributed by atoms with van der Waals surface area (Å²) in [5, 5.41) is 3.31. The molecule has 1 aliphatic heterocycles. The van der Waals surface area contributed by atoms with Crippen molar-refractivity contribution < 1.29 is 4.79 Å². The lowest BCUT2D eigenvalue weighted by Gasteiger charge is -2.28. The number of hydrogen-bond donors (Lipinski definition) is 1. The van der Waals surface area contributed by atoms with Crippen molar-refractivity contribution in [1.82, 2.24) is 15.1 Å². The van der Waals surface area contributed by atoms with Crippen LogP contribution in [0, 0.1) is 0 Å². The van der Waals surface area contributed by atoms with Gasteiger partial charge in [0.1, 0.15) is 0 Å². The monoisotopic (exact) mass is 255 g/mol. The number of likely N-dealkylation sites (N-methyl/N-ethyl adjacent to an activating group) is 1. The molecule has 1 unspecified atom stereocenters. The van der Waals surface area contributed by atoms with Gasteiger partial charge in [-0.3, -0.25) is 4.79 Å². The first-order chi connectivity index (χ1) is 8.61. The number of carbonyl (C=O) groups excluding carboxylic acids is 1. The minimum atomic E-state index is -0.0515. The van der Waals surface area contributed by atoms with E-state index in [9.17, 15) is 4.79 Å². The van der Waals surface area contributed by atoms with Gasteiger partial charge in [-0.15, -0.1) is 0 Å². The molecule has 0 aromatic carbocycles. The van der Waals surface area contributed by atoms with Gasteiger partial charge in [0.15, 0.2) is 0 Å². The van der Waals surface area contributed by atoms with Crippen LogP contribution in [0.4, 0.5) is 0 Å². The quantitative estimate of drug-likeness (QED) is 0.805. The number of amides is 1. The number of nitrogens with one attached hydrogen (secondary N) is 1. The van der Waals surface area contributed by atoms with Crippen LogP contribution in [-0.2, 0) is 4.79 Å². The highest BCUT2D eigenvalue weighted by molar-refractivity contribution is 5.81. The van der Waals surface area contributed by atoms with Crippen LogP contribution < -0.4 is 5.32 Å². The molecule has 1 N–H and O–H groups in total. The van der Waals surface area contributed by atoms with Crippen LogP contribution in [0.5, 0.6) is 0 Å². The first-order valence-electron chi connectivity index (χ1n) is 7.28. The Kier molecular flexibility index (Phi) is 7.28. The van der Waals surface area contributed by atoms with Crippen LogP contribution in [-0.4, -0.2) is 62.0 Å². The Balaban J connectivity index is 2.31. The average Bonchev–Trinajstić information content (AvgIpc) is 2.27. The largest absolute Gasteiger partial charge is 0.341 e. The molecule has 1 rings (SSSR count). The average molecular weight is 255 g/mol. The van der Waals surface area contributed by atoms with Crippen LogP contribution in [0.25, 0.3) is 0 Å². The van der Waals surface area contributed by atoms with E-state index in [0.717, 1.165) is 39.0 Å². The summed E-state index contributed by atoms with van der Waals surface area (Å²) in [5.74, 6) is 0.274. The fourth-order valence-electron chi connectivity index (χ4n) is 2.33. The number of hydrogen-bond acceptors (Lipinski definition) is 3. The summed E-state index contributed by atoms with van der Waals surface area (Å²) in [7, 11) is 4.10. The normalized spacial score (nSPS) is 19.4. The Morgan fingerprint density at radius 3 is 2.28 bits per heavy atom. The van der Waals surface area contributed by atoms with Crippen molar-refractivity contribution in [3.8, 4) is 0 Å². The molecule has 1 saturated heterocycles. The highest BCUT2D eigenvalue weighted by Crippen LogP contribution is 2.11. The van der Waals surface area contributed by atoms with Gasteiger partial charge in [-0.2, -0.15) is 0 Å². The summed E-state index contributed by atoms with van der Waals surface area (Å²) in [6.07, 6.45) is 6.20. The Hall–Kier alpha value is -0.610. The molecule has 1 fully saturated rings. The molecule has 0 bridgehead atoms. The molecule has 1 atom stereocenters. The second-order valence-electron chi connectivity index (χ2n) is 5.57. The molecule has 106 valence electrons. The first kappa shape index (κ1) is 15.4. The molecule has 0 saturated carbocycles. The molecule has 4 heteroatoms. The lowest BCUT2D eigenvalue weighted by atomic mass is 10.1. The van der Waals surface area contributed by atoms with Crippen molar-refractivity contribution in [1.29, 1.82) is 0 Å². The molecular formula is C14H29N3O. The van der Waals surface area contributed by atoms with Crippen molar-refractivity contribution in [2.45, 2.75) is 45.1 Å². The van der Waals surface area contributed by atoms with Crippen LogP contribution in [0.3, 0.4) is 0 Å². The van der Waals surface area contributed by atoms with E-state index >= 15 is 0 Å². The van der Waals surface area contributed by atoms with Crippen molar-refractivity contribution >= 4 is 5.91 Å². The first-order valence-corrected chi connectivity index (χ1v) is 7.28. The van der Waals surface area contributed by atoms with Crippen molar-refractivity contribution in [3.63, 3.8) is 0 Å². The lowest BCUT2D eigenvalue weighted by molar-refractivity contribution is -0.133. The van der Waals surface area contributed by atoms with Crippen LogP contribution in [0.15, 0.2) is 0 Å². The summed E-state index contributed by atoms with van der Waals surface area (Å²) in [4.78, 5) is 16.5. The van der Waals surface area contributed by atoms with Gasteiger partial charge in [0, 0.05) is 26.2 Å². The number of likely N-dealkylation sites (tertiary alicyclic amines) is 1. The van der Waals surface area contributed by atoms with E-state index in [0.29, 0.717) is 0 Å². The summed E-state index contributed by atoms with van der Waals surface area (Å²) in [6.45, 7) is 5.71. The Morgan fingerprint density at radius 1 is 1.17 bits per heavy atom. The second-order valence-corrected chi connectivity index (χ2v) is 5.57. The molecule has 4 nitrogen and oxygen atoms in total. The lowest BCUT2D eigenvalue weighted by Crippen LogP contribution is -2.47. The van der Waals surface area contributed by atoms with E-state index in [4.69, 9.17) is 0 Å². The Morgan fingerprint density at radius 2 is 1.72 bits per heavy atom. The van der Waals surface area contributed by atoms with E-state index in [1.165, 1.54) is 19.3 Å². The predicted molar refractivity (Wildman–Crippen MR) is 75.7 cm³/mol. The second kappa shape index (κ2) is 8.48. The molecule has 1 amide bonds. The fraction of sp³-hybridized carbons (Fsp3) is 0.929. The molecule has 18 heavy (non-hydrogen) atoms. The number of nitrogens with zero attached hydrogens (tertiary/aromatic N) is 2. The molecule has 0 spiro atoms. The Labute approximate surface area is 112 Å². The van der Waals surface area contributed by atoms with E-state index in [2.05, 4.69) is 10.2 Å². The van der Waals surface area contributed by atoms with Gasteiger partial charge >= 0.3 is 0 Å². The zero-order chi connectivity index (χ0) is 13.4. The molecule has 1 aliphatic rings. The van der Waals surface area contributed by atoms with Gasteiger partial charge in [0.2, 0.25) is 5.91 Å². The standard InChI is InChI=1S/C14H29N3O/c1-13(15-9-12-16(2)3)14(18)17-10-7-5-4-6-8-11-17/h13,15H,4-12H2,1-3H3. The molecule has 0 aromatic rings. The number of rotatable bonds is 5. The van der Waals surface area contributed by atoms with Gasteiger partial charge in [-0.25, -0.2) is 0 Å². The maximum Gasteiger partial charge on any atom is 0.239 e. The van der Waals surface area contributed by atoms with Gasteiger partial charge in [0.05, 0.1) is 6.04 Å². The third kappa shape index (κ3) is 5.83. The van der Waals surface area contributed by atoms with Crippen molar-refractivity contribution in [2.75, 3.05) is 40.3 Å². The van der Waals surface area contributed by atoms with E-state index in [-0.39, 0.29) is 11.9 Å². The van der Waals surface area contributed by atoms with Crippen LogP contribution in [0.2, 0.25) is 0 Å². The van der Waals surface area contributed by atoms with Crippen molar-refractivity contribution in [3.05, 3.63) is 0 Å². The summed E-state index contributed by atoms with van der Waals surface area (Å²) >= 11 is 0. The third-order valence-corrected chi connectivity index (χ3v) is 3.55. The fourth-order valence-corrected chi connectivity index (χ4v) is 2.33. The summed E-state index contributed by atoms with van der Waals surface area (Å²) in [5.41, 5.74) is 0. The van der Waals surface area contributed by atoms with Gasteiger partial charge in [-0.1, -0.05) is 19.3 Å². The summed E-state index contributed by atoms with van der Waals surface area (Å²) < 4.78 is 0. The zero-order valence-corrected chi connectivity index (χ0v) is 12.2. The zero-order valence-electron chi connectivity index (χ0n) is 12.2. The smallest absolute Gasteiger partial charge is 0.239 e. The van der Waals surface area contributed by atoms with Crippen molar-refractivity contribution in [2.24, 2.45) is 0 Å². The van der Waals surface area contributed by atoms with E-state index < -0.39 is 0 Å². The Bertz CT molecular complexity index is 235. The van der Waals surface area contributed by atoms with E-state index in [1.54, 1.807) is 0 Å². The molecule has 0 radical (unpaired) electrons. The van der Waals surface area contributed by atoms with Crippen LogP contribution in [0.1, 0.15) is 39.0 Å². The topological polar surface area (TPSA) is 35.6 Å². The SMILES string of the molecule is CC(NCCN(C)C)C(=O)N1CCCCCCC1. The predicted octanol–water partition coefficient (Wildman–Crippen LogP) is 1.32. The summed E-state index contributed by atoms with van der Waals surface area (Å²) in [6, 6.07) is -0.0515. The minimum absolute atomic E-state index is 0.0515. The molecule has 0 aliphatic carbocycles. The van der Waals surface area contributed by atoms with Gasteiger partial charge < -0.3 is 15.1 Å². The maximum atomic E-state index is 12.3. The molecular weight excluding hydrogens is 226 g/mol.